The van der Waals surface area contributed by atoms with Gasteiger partial charge in [0.15, 0.2) is 0 Å². The fourth-order valence-electron chi connectivity index (χ4n) is 1.86. The lowest BCUT2D eigenvalue weighted by molar-refractivity contribution is -0.113. The first-order chi connectivity index (χ1) is 11.2. The van der Waals surface area contributed by atoms with Gasteiger partial charge in [-0.15, -0.1) is 16.4 Å². The molecule has 2 heterocycles. The van der Waals surface area contributed by atoms with Crippen LogP contribution in [0, 0.1) is 0 Å². The predicted molar refractivity (Wildman–Crippen MR) is 97.0 cm³/mol. The number of hydrogen-bond donors (Lipinski definition) is 2. The zero-order chi connectivity index (χ0) is 16.1. The maximum atomic E-state index is 11.9. The highest BCUT2D eigenvalue weighted by Crippen LogP contribution is 2.17. The summed E-state index contributed by atoms with van der Waals surface area (Å²) < 4.78 is 0.976. The van der Waals surface area contributed by atoms with E-state index in [4.69, 9.17) is 0 Å². The second-order valence-electron chi connectivity index (χ2n) is 4.66. The monoisotopic (exact) mass is 408 g/mol. The van der Waals surface area contributed by atoms with Crippen molar-refractivity contribution in [2.45, 2.75) is 11.6 Å². The number of anilines is 1. The zero-order valence-corrected chi connectivity index (χ0v) is 15.2. The van der Waals surface area contributed by atoms with Gasteiger partial charge in [0.25, 0.3) is 0 Å². The van der Waals surface area contributed by atoms with Crippen LogP contribution in [-0.2, 0) is 11.2 Å². The van der Waals surface area contributed by atoms with Crippen LogP contribution in [0.1, 0.15) is 10.7 Å². The van der Waals surface area contributed by atoms with Crippen LogP contribution >= 0.6 is 39.0 Å². The Bertz CT molecular complexity index is 771. The highest BCUT2D eigenvalue weighted by molar-refractivity contribution is 9.10. The van der Waals surface area contributed by atoms with Crippen molar-refractivity contribution < 1.29 is 4.79 Å². The summed E-state index contributed by atoms with van der Waals surface area (Å²) in [6.45, 7) is 0. The molecule has 1 aromatic carbocycles. The van der Waals surface area contributed by atoms with Gasteiger partial charge >= 0.3 is 0 Å². The Balaban J connectivity index is 1.49. The standard InChI is InChI=1S/C15H13BrN4OS2/c16-10-3-5-11(6-4-10)17-14(21)9-23-15-18-13(19-20-15)8-12-2-1-7-22-12/h1-7H,8-9H2,(H,17,21)(H,18,19,20). The summed E-state index contributed by atoms with van der Waals surface area (Å²) in [5, 5.41) is 12.5. The van der Waals surface area contributed by atoms with Crippen molar-refractivity contribution in [3.8, 4) is 0 Å². The van der Waals surface area contributed by atoms with Gasteiger partial charge in [-0.25, -0.2) is 4.98 Å². The highest BCUT2D eigenvalue weighted by Gasteiger charge is 2.09. The molecule has 0 spiro atoms. The topological polar surface area (TPSA) is 70.7 Å². The van der Waals surface area contributed by atoms with Gasteiger partial charge in [-0.3, -0.25) is 9.89 Å². The second-order valence-corrected chi connectivity index (χ2v) is 7.55. The van der Waals surface area contributed by atoms with Gasteiger partial charge in [-0.05, 0) is 35.7 Å². The van der Waals surface area contributed by atoms with Crippen LogP contribution in [0.15, 0.2) is 51.4 Å². The maximum Gasteiger partial charge on any atom is 0.234 e. The predicted octanol–water partition coefficient (Wildman–Crippen LogP) is 3.95. The van der Waals surface area contributed by atoms with Crippen molar-refractivity contribution in [2.75, 3.05) is 11.1 Å². The Morgan fingerprint density at radius 3 is 2.87 bits per heavy atom. The van der Waals surface area contributed by atoms with Crippen LogP contribution in [0.25, 0.3) is 0 Å². The number of halogens is 1. The minimum atomic E-state index is -0.0815. The van der Waals surface area contributed by atoms with Gasteiger partial charge in [-0.2, -0.15) is 0 Å². The summed E-state index contributed by atoms with van der Waals surface area (Å²) in [5.41, 5.74) is 0.771. The molecule has 5 nitrogen and oxygen atoms in total. The van der Waals surface area contributed by atoms with E-state index in [1.165, 1.54) is 16.6 Å². The number of aromatic nitrogens is 3. The molecule has 0 aliphatic heterocycles. The molecule has 23 heavy (non-hydrogen) atoms. The van der Waals surface area contributed by atoms with Crippen LogP contribution in [0.3, 0.4) is 0 Å². The van der Waals surface area contributed by atoms with Crippen molar-refractivity contribution in [3.63, 3.8) is 0 Å². The summed E-state index contributed by atoms with van der Waals surface area (Å²) in [4.78, 5) is 17.5. The van der Waals surface area contributed by atoms with Gasteiger partial charge in [-0.1, -0.05) is 33.8 Å². The Hall–Kier alpha value is -1.64. The van der Waals surface area contributed by atoms with E-state index in [0.29, 0.717) is 5.16 Å². The van der Waals surface area contributed by atoms with E-state index in [1.807, 2.05) is 35.7 Å². The fraction of sp³-hybridized carbons (Fsp3) is 0.133. The molecular formula is C15H13BrN4OS2. The number of carbonyl (C=O) groups excluding carboxylic acids is 1. The number of carbonyl (C=O) groups is 1. The Kier molecular flexibility index (Phi) is 5.47. The zero-order valence-electron chi connectivity index (χ0n) is 12.0. The van der Waals surface area contributed by atoms with Crippen molar-refractivity contribution in [3.05, 3.63) is 57.0 Å². The number of benzene rings is 1. The molecule has 0 aliphatic carbocycles. The minimum absolute atomic E-state index is 0.0815. The summed E-state index contributed by atoms with van der Waals surface area (Å²) in [5.74, 6) is 0.997. The average molecular weight is 409 g/mol. The van der Waals surface area contributed by atoms with E-state index >= 15 is 0 Å². The van der Waals surface area contributed by atoms with Gasteiger partial charge in [0, 0.05) is 21.5 Å². The number of thiophene rings is 1. The van der Waals surface area contributed by atoms with Crippen LogP contribution < -0.4 is 5.32 Å². The summed E-state index contributed by atoms with van der Waals surface area (Å²) in [6.07, 6.45) is 0.732. The first kappa shape index (κ1) is 16.2. The number of nitrogens with zero attached hydrogens (tertiary/aromatic N) is 2. The van der Waals surface area contributed by atoms with Gasteiger partial charge in [0.05, 0.1) is 5.75 Å². The Labute approximate surface area is 150 Å². The van der Waals surface area contributed by atoms with E-state index < -0.39 is 0 Å². The molecule has 2 aromatic heterocycles. The Morgan fingerprint density at radius 1 is 1.30 bits per heavy atom. The first-order valence-electron chi connectivity index (χ1n) is 6.81. The van der Waals surface area contributed by atoms with Crippen LogP contribution in [0.2, 0.25) is 0 Å². The second kappa shape index (κ2) is 7.76. The number of amides is 1. The molecule has 0 unspecified atom stereocenters. The lowest BCUT2D eigenvalue weighted by Gasteiger charge is -2.03. The van der Waals surface area contributed by atoms with E-state index in [0.717, 1.165) is 22.4 Å². The lowest BCUT2D eigenvalue weighted by Crippen LogP contribution is -2.13. The quantitative estimate of drug-likeness (QED) is 0.605. The van der Waals surface area contributed by atoms with E-state index in [9.17, 15) is 4.79 Å². The molecular weight excluding hydrogens is 396 g/mol. The smallest absolute Gasteiger partial charge is 0.234 e. The fourth-order valence-corrected chi connectivity index (χ4v) is 3.45. The normalized spacial score (nSPS) is 10.7. The molecule has 0 fully saturated rings. The summed E-state index contributed by atoms with van der Waals surface area (Å²) in [7, 11) is 0. The van der Waals surface area contributed by atoms with Crippen molar-refractivity contribution >= 4 is 50.6 Å². The van der Waals surface area contributed by atoms with Crippen LogP contribution in [-0.4, -0.2) is 26.8 Å². The third-order valence-corrected chi connectivity index (χ3v) is 5.15. The van der Waals surface area contributed by atoms with Crippen molar-refractivity contribution in [2.24, 2.45) is 0 Å². The molecule has 8 heteroatoms. The van der Waals surface area contributed by atoms with Crippen LogP contribution in [0.4, 0.5) is 5.69 Å². The van der Waals surface area contributed by atoms with E-state index in [-0.39, 0.29) is 11.7 Å². The molecule has 0 radical (unpaired) electrons. The number of thioether (sulfide) groups is 1. The number of aromatic amines is 1. The molecule has 3 rings (SSSR count). The third-order valence-electron chi connectivity index (χ3n) is 2.89. The third kappa shape index (κ3) is 4.92. The molecule has 0 atom stereocenters. The minimum Gasteiger partial charge on any atom is -0.325 e. The molecule has 1 amide bonds. The number of nitrogens with one attached hydrogen (secondary N) is 2. The molecule has 2 N–H and O–H groups in total. The van der Waals surface area contributed by atoms with E-state index in [2.05, 4.69) is 42.5 Å². The number of H-pyrrole nitrogens is 1. The van der Waals surface area contributed by atoms with Crippen molar-refractivity contribution in [1.29, 1.82) is 0 Å². The molecule has 3 aromatic rings. The molecule has 0 saturated heterocycles. The Morgan fingerprint density at radius 2 is 2.13 bits per heavy atom. The highest BCUT2D eigenvalue weighted by atomic mass is 79.9. The largest absolute Gasteiger partial charge is 0.325 e. The van der Waals surface area contributed by atoms with Gasteiger partial charge in [0.2, 0.25) is 11.1 Å². The molecule has 0 bridgehead atoms. The number of hydrogen-bond acceptors (Lipinski definition) is 5. The average Bonchev–Trinajstić information content (AvgIpc) is 3.20. The van der Waals surface area contributed by atoms with Gasteiger partial charge < -0.3 is 5.32 Å². The lowest BCUT2D eigenvalue weighted by atomic mass is 10.3. The first-order valence-corrected chi connectivity index (χ1v) is 9.47. The summed E-state index contributed by atoms with van der Waals surface area (Å²) in [6, 6.07) is 11.5. The molecule has 0 aliphatic rings. The number of rotatable bonds is 6. The van der Waals surface area contributed by atoms with E-state index in [1.54, 1.807) is 11.3 Å². The SMILES string of the molecule is O=C(CSc1n[nH]c(Cc2cccs2)n1)Nc1ccc(Br)cc1. The maximum absolute atomic E-state index is 11.9. The molecule has 118 valence electrons. The van der Waals surface area contributed by atoms with Crippen LogP contribution in [0.5, 0.6) is 0 Å². The van der Waals surface area contributed by atoms with Gasteiger partial charge in [0.1, 0.15) is 5.82 Å². The molecule has 0 saturated carbocycles. The summed E-state index contributed by atoms with van der Waals surface area (Å²) >= 11 is 6.36. The van der Waals surface area contributed by atoms with Crippen molar-refractivity contribution in [1.82, 2.24) is 15.2 Å².